The number of phenols is 1. The number of carbonyl (C=O) groups excluding carboxylic acids is 2. The van der Waals surface area contributed by atoms with E-state index in [4.69, 9.17) is 33.5 Å². The van der Waals surface area contributed by atoms with E-state index in [2.05, 4.69) is 0 Å². The predicted molar refractivity (Wildman–Crippen MR) is 167 cm³/mol. The maximum Gasteiger partial charge on any atom is 0.306 e. The molecule has 11 nitrogen and oxygen atoms in total. The van der Waals surface area contributed by atoms with E-state index in [1.54, 1.807) is 30.3 Å². The number of carboxylic acid groups (broad SMARTS) is 1. The molecular weight excluding hydrogens is 584 g/mol. The van der Waals surface area contributed by atoms with Crippen molar-refractivity contribution in [1.82, 2.24) is 0 Å². The van der Waals surface area contributed by atoms with Gasteiger partial charge in [-0.05, 0) is 61.4 Å². The number of carboxylic acids is 1. The number of aromatic hydroxyl groups is 1. The molecule has 0 fully saturated rings. The van der Waals surface area contributed by atoms with Gasteiger partial charge in [0.25, 0.3) is 0 Å². The van der Waals surface area contributed by atoms with Gasteiger partial charge in [-0.15, -0.1) is 0 Å². The third-order valence-corrected chi connectivity index (χ3v) is 6.73. The van der Waals surface area contributed by atoms with Crippen LogP contribution in [0.2, 0.25) is 0 Å². The zero-order valence-electron chi connectivity index (χ0n) is 26.1. The first kappa shape index (κ1) is 35.3. The van der Waals surface area contributed by atoms with Gasteiger partial charge in [0.05, 0.1) is 63.8 Å². The third kappa shape index (κ3) is 11.0. The highest BCUT2D eigenvalue weighted by molar-refractivity contribution is 6.09. The Hall–Kier alpha value is -4.19. The molecule has 0 amide bonds. The number of hydrogen-bond donors (Lipinski definition) is 2. The lowest BCUT2D eigenvalue weighted by atomic mass is 10.0. The van der Waals surface area contributed by atoms with E-state index in [0.717, 1.165) is 11.8 Å². The van der Waals surface area contributed by atoms with Gasteiger partial charge in [0, 0.05) is 5.56 Å². The molecule has 0 saturated heterocycles. The molecule has 0 radical (unpaired) electrons. The van der Waals surface area contributed by atoms with Gasteiger partial charge in [0.2, 0.25) is 0 Å². The number of rotatable bonds is 22. The first-order valence-corrected chi connectivity index (χ1v) is 15.0. The molecule has 0 bridgehead atoms. The number of hydrogen-bond acceptors (Lipinski definition) is 10. The monoisotopic (exact) mass is 626 g/mol. The number of phenolic OH excluding ortho intramolecular Hbond substituents is 1. The fourth-order valence-corrected chi connectivity index (χ4v) is 4.60. The van der Waals surface area contributed by atoms with E-state index in [-0.39, 0.29) is 37.0 Å². The number of ether oxygens (including phenoxy) is 6. The quantitative estimate of drug-likeness (QED) is 0.111. The van der Waals surface area contributed by atoms with E-state index in [0.29, 0.717) is 92.0 Å². The topological polar surface area (TPSA) is 147 Å². The minimum atomic E-state index is -0.948. The molecule has 0 aliphatic carbocycles. The van der Waals surface area contributed by atoms with Crippen molar-refractivity contribution in [2.75, 3.05) is 59.5 Å². The Morgan fingerprint density at radius 3 is 1.84 bits per heavy atom. The molecule has 2 N–H and O–H groups in total. The Morgan fingerprint density at radius 2 is 1.27 bits per heavy atom. The highest BCUT2D eigenvalue weighted by atomic mass is 16.6. The van der Waals surface area contributed by atoms with Crippen molar-refractivity contribution >= 4 is 28.3 Å². The standard InChI is InChI=1S/C34H42O11/c1-4-5-28-30(11-9-27(23(2)35)34(28)39)44-20-18-41-16-14-40-15-17-42-19-21-45-31-10-7-25-6-8-26(43-13-12-32(37)38)22-29(25)33(31)24(3)36/h6-11,22,39H,4-5,12-21H2,1-3H3,(H,37,38). The average molecular weight is 627 g/mol. The summed E-state index contributed by atoms with van der Waals surface area (Å²) in [7, 11) is 0. The molecule has 0 aliphatic heterocycles. The molecule has 3 aromatic carbocycles. The van der Waals surface area contributed by atoms with Gasteiger partial charge in [-0.25, -0.2) is 0 Å². The van der Waals surface area contributed by atoms with Crippen LogP contribution in [0.4, 0.5) is 0 Å². The maximum atomic E-state index is 12.5. The van der Waals surface area contributed by atoms with Crippen molar-refractivity contribution < 1.29 is 53.0 Å². The highest BCUT2D eigenvalue weighted by Crippen LogP contribution is 2.33. The normalized spacial score (nSPS) is 11.0. The van der Waals surface area contributed by atoms with Crippen molar-refractivity contribution in [3.05, 3.63) is 59.2 Å². The lowest BCUT2D eigenvalue weighted by molar-refractivity contribution is -0.137. The van der Waals surface area contributed by atoms with E-state index < -0.39 is 5.97 Å². The molecule has 0 saturated carbocycles. The second-order valence-electron chi connectivity index (χ2n) is 10.1. The van der Waals surface area contributed by atoms with Crippen LogP contribution in [0.3, 0.4) is 0 Å². The summed E-state index contributed by atoms with van der Waals surface area (Å²) in [5, 5.41) is 20.8. The van der Waals surface area contributed by atoms with Gasteiger partial charge in [-0.3, -0.25) is 14.4 Å². The molecule has 0 aliphatic rings. The molecule has 0 atom stereocenters. The fourth-order valence-electron chi connectivity index (χ4n) is 4.60. The summed E-state index contributed by atoms with van der Waals surface area (Å²) in [6.45, 7) is 7.58. The number of ketones is 2. The van der Waals surface area contributed by atoms with Crippen LogP contribution in [-0.4, -0.2) is 87.2 Å². The predicted octanol–water partition coefficient (Wildman–Crippen LogP) is 5.26. The summed E-state index contributed by atoms with van der Waals surface area (Å²) in [5.41, 5.74) is 1.35. The molecule has 244 valence electrons. The van der Waals surface area contributed by atoms with Crippen LogP contribution in [0, 0.1) is 0 Å². The van der Waals surface area contributed by atoms with E-state index in [1.165, 1.54) is 13.8 Å². The number of aliphatic carboxylic acids is 1. The summed E-state index contributed by atoms with van der Waals surface area (Å²) >= 11 is 0. The second kappa shape index (κ2) is 18.6. The van der Waals surface area contributed by atoms with Crippen molar-refractivity contribution in [2.24, 2.45) is 0 Å². The van der Waals surface area contributed by atoms with E-state index >= 15 is 0 Å². The Kier molecular flexibility index (Phi) is 14.6. The van der Waals surface area contributed by atoms with Gasteiger partial charge in [-0.1, -0.05) is 25.5 Å². The van der Waals surface area contributed by atoms with Crippen molar-refractivity contribution in [2.45, 2.75) is 40.0 Å². The summed E-state index contributed by atoms with van der Waals surface area (Å²) in [6.07, 6.45) is 1.28. The number of benzene rings is 3. The third-order valence-electron chi connectivity index (χ3n) is 6.73. The Bertz CT molecular complexity index is 1430. The van der Waals surface area contributed by atoms with Crippen molar-refractivity contribution in [3.63, 3.8) is 0 Å². The van der Waals surface area contributed by atoms with Crippen LogP contribution in [0.5, 0.6) is 23.0 Å². The van der Waals surface area contributed by atoms with Gasteiger partial charge >= 0.3 is 5.97 Å². The Balaban J connectivity index is 1.31. The van der Waals surface area contributed by atoms with Gasteiger partial charge in [0.15, 0.2) is 11.6 Å². The number of carbonyl (C=O) groups is 3. The first-order chi connectivity index (χ1) is 21.7. The van der Waals surface area contributed by atoms with Gasteiger partial charge < -0.3 is 38.6 Å². The minimum absolute atomic E-state index is 0.0172. The van der Waals surface area contributed by atoms with Crippen LogP contribution in [0.15, 0.2) is 42.5 Å². The SMILES string of the molecule is CCCc1c(OCCOCCOCCOCCOc2ccc3ccc(OCCC(=O)O)cc3c2C(C)=O)ccc(C(C)=O)c1O. The lowest BCUT2D eigenvalue weighted by Gasteiger charge is -2.15. The summed E-state index contributed by atoms with van der Waals surface area (Å²) < 4.78 is 33.8. The van der Waals surface area contributed by atoms with Crippen LogP contribution in [0.25, 0.3) is 10.8 Å². The molecule has 0 heterocycles. The summed E-state index contributed by atoms with van der Waals surface area (Å²) in [6, 6.07) is 12.1. The molecule has 0 unspecified atom stereocenters. The first-order valence-electron chi connectivity index (χ1n) is 15.0. The van der Waals surface area contributed by atoms with Crippen LogP contribution in [0.1, 0.15) is 59.9 Å². The second-order valence-corrected chi connectivity index (χ2v) is 10.1. The minimum Gasteiger partial charge on any atom is -0.507 e. The average Bonchev–Trinajstić information content (AvgIpc) is 3.00. The van der Waals surface area contributed by atoms with Crippen LogP contribution < -0.4 is 14.2 Å². The molecule has 3 rings (SSSR count). The number of fused-ring (bicyclic) bond motifs is 1. The van der Waals surface area contributed by atoms with Crippen molar-refractivity contribution in [1.29, 1.82) is 0 Å². The largest absolute Gasteiger partial charge is 0.507 e. The highest BCUT2D eigenvalue weighted by Gasteiger charge is 2.16. The number of Topliss-reactive ketones (excluding diaryl/α,β-unsaturated/α-hetero) is 2. The lowest BCUT2D eigenvalue weighted by Crippen LogP contribution is -2.15. The molecule has 0 spiro atoms. The van der Waals surface area contributed by atoms with Crippen LogP contribution >= 0.6 is 0 Å². The molecule has 45 heavy (non-hydrogen) atoms. The van der Waals surface area contributed by atoms with Gasteiger partial charge in [0.1, 0.15) is 36.2 Å². The van der Waals surface area contributed by atoms with E-state index in [9.17, 15) is 19.5 Å². The van der Waals surface area contributed by atoms with Crippen LogP contribution in [-0.2, 0) is 25.4 Å². The fraction of sp³-hybridized carbons (Fsp3) is 0.441. The molecule has 11 heteroatoms. The molecular formula is C34H42O11. The van der Waals surface area contributed by atoms with Gasteiger partial charge in [-0.2, -0.15) is 0 Å². The van der Waals surface area contributed by atoms with E-state index in [1.807, 2.05) is 19.1 Å². The zero-order chi connectivity index (χ0) is 32.6. The Labute approximate surface area is 262 Å². The summed E-state index contributed by atoms with van der Waals surface area (Å²) in [4.78, 5) is 34.9. The summed E-state index contributed by atoms with van der Waals surface area (Å²) in [5.74, 6) is 0.141. The van der Waals surface area contributed by atoms with Crippen molar-refractivity contribution in [3.8, 4) is 23.0 Å². The molecule has 3 aromatic rings. The smallest absolute Gasteiger partial charge is 0.306 e. The molecule has 0 aromatic heterocycles. The zero-order valence-corrected chi connectivity index (χ0v) is 26.1. The Morgan fingerprint density at radius 1 is 0.689 bits per heavy atom. The maximum absolute atomic E-state index is 12.5.